The molecule has 0 aliphatic heterocycles. The van der Waals surface area contributed by atoms with E-state index in [9.17, 15) is 0 Å². The zero-order valence-corrected chi connectivity index (χ0v) is 7.27. The molecule has 1 heteroatoms. The lowest BCUT2D eigenvalue weighted by atomic mass is 10.1. The maximum Gasteiger partial charge on any atom is 0.0297 e. The van der Waals surface area contributed by atoms with Crippen LogP contribution in [0.3, 0.4) is 0 Å². The molecule has 0 aromatic rings. The topological polar surface area (TPSA) is 26.0 Å². The lowest BCUT2D eigenvalue weighted by Gasteiger charge is -1.98. The predicted octanol–water partition coefficient (Wildman–Crippen LogP) is 2.60. The normalized spacial score (nSPS) is 18.5. The van der Waals surface area contributed by atoms with E-state index in [2.05, 4.69) is 12.7 Å². The van der Waals surface area contributed by atoms with Crippen LogP contribution in [0.15, 0.2) is 23.9 Å². The van der Waals surface area contributed by atoms with Gasteiger partial charge in [-0.25, -0.2) is 0 Å². The summed E-state index contributed by atoms with van der Waals surface area (Å²) < 4.78 is 0. The number of hydrogen-bond acceptors (Lipinski definition) is 1. The lowest BCUT2D eigenvalue weighted by Crippen LogP contribution is -1.97. The SMILES string of the molecule is C=C(C)/C(N)=C/CCC1CC1. The van der Waals surface area contributed by atoms with Gasteiger partial charge in [-0.05, 0) is 31.3 Å². The fraction of sp³-hybridized carbons (Fsp3) is 0.600. The number of nitrogens with two attached hydrogens (primary N) is 1. The Morgan fingerprint density at radius 3 is 2.73 bits per heavy atom. The standard InChI is InChI=1S/C10H17N/c1-8(2)10(11)5-3-4-9-6-7-9/h5,9H,1,3-4,6-7,11H2,2H3/b10-5-. The van der Waals surface area contributed by atoms with Gasteiger partial charge >= 0.3 is 0 Å². The van der Waals surface area contributed by atoms with Crippen LogP contribution in [0.4, 0.5) is 0 Å². The molecule has 1 aliphatic carbocycles. The monoisotopic (exact) mass is 151 g/mol. The zero-order valence-electron chi connectivity index (χ0n) is 7.27. The van der Waals surface area contributed by atoms with Crippen molar-refractivity contribution >= 4 is 0 Å². The highest BCUT2D eigenvalue weighted by atomic mass is 14.6. The third-order valence-corrected chi connectivity index (χ3v) is 2.13. The Balaban J connectivity index is 2.15. The largest absolute Gasteiger partial charge is 0.399 e. The molecular weight excluding hydrogens is 134 g/mol. The molecule has 0 spiro atoms. The smallest absolute Gasteiger partial charge is 0.0297 e. The molecule has 0 aromatic heterocycles. The minimum atomic E-state index is 0.866. The molecular formula is C10H17N. The van der Waals surface area contributed by atoms with E-state index in [0.717, 1.165) is 23.6 Å². The first kappa shape index (κ1) is 8.38. The van der Waals surface area contributed by atoms with Crippen LogP contribution in [0.5, 0.6) is 0 Å². The van der Waals surface area contributed by atoms with Gasteiger partial charge in [0, 0.05) is 5.70 Å². The molecule has 1 nitrogen and oxygen atoms in total. The Hall–Kier alpha value is -0.720. The van der Waals surface area contributed by atoms with Gasteiger partial charge in [0.25, 0.3) is 0 Å². The summed E-state index contributed by atoms with van der Waals surface area (Å²) in [7, 11) is 0. The molecule has 11 heavy (non-hydrogen) atoms. The summed E-state index contributed by atoms with van der Waals surface area (Å²) in [6, 6.07) is 0. The van der Waals surface area contributed by atoms with Gasteiger partial charge in [-0.1, -0.05) is 25.5 Å². The maximum absolute atomic E-state index is 5.68. The third-order valence-electron chi connectivity index (χ3n) is 2.13. The van der Waals surface area contributed by atoms with Crippen LogP contribution < -0.4 is 5.73 Å². The molecule has 62 valence electrons. The number of rotatable bonds is 4. The number of allylic oxidation sites excluding steroid dienone is 2. The average molecular weight is 151 g/mol. The van der Waals surface area contributed by atoms with Gasteiger partial charge in [0.05, 0.1) is 0 Å². The van der Waals surface area contributed by atoms with Gasteiger partial charge in [-0.15, -0.1) is 0 Å². The van der Waals surface area contributed by atoms with Crippen molar-refractivity contribution in [2.75, 3.05) is 0 Å². The molecule has 1 aliphatic rings. The Kier molecular flexibility index (Phi) is 2.75. The molecule has 1 fully saturated rings. The van der Waals surface area contributed by atoms with Crippen molar-refractivity contribution in [2.24, 2.45) is 11.7 Å². The molecule has 0 unspecified atom stereocenters. The van der Waals surface area contributed by atoms with Crippen molar-refractivity contribution in [1.29, 1.82) is 0 Å². The molecule has 1 rings (SSSR count). The van der Waals surface area contributed by atoms with Crippen LogP contribution in [0, 0.1) is 5.92 Å². The summed E-state index contributed by atoms with van der Waals surface area (Å²) >= 11 is 0. The summed E-state index contributed by atoms with van der Waals surface area (Å²) in [4.78, 5) is 0. The van der Waals surface area contributed by atoms with Crippen LogP contribution >= 0.6 is 0 Å². The van der Waals surface area contributed by atoms with Crippen molar-refractivity contribution in [3.8, 4) is 0 Å². The average Bonchev–Trinajstić information content (AvgIpc) is 2.71. The second kappa shape index (κ2) is 3.61. The summed E-state index contributed by atoms with van der Waals surface area (Å²) in [5.41, 5.74) is 7.54. The van der Waals surface area contributed by atoms with E-state index < -0.39 is 0 Å². The van der Waals surface area contributed by atoms with Gasteiger partial charge < -0.3 is 5.73 Å². The summed E-state index contributed by atoms with van der Waals surface area (Å²) in [5.74, 6) is 1.00. The number of hydrogen-bond donors (Lipinski definition) is 1. The summed E-state index contributed by atoms with van der Waals surface area (Å²) in [5, 5.41) is 0. The van der Waals surface area contributed by atoms with Gasteiger partial charge in [-0.3, -0.25) is 0 Å². The Morgan fingerprint density at radius 1 is 1.64 bits per heavy atom. The van der Waals surface area contributed by atoms with E-state index in [-0.39, 0.29) is 0 Å². The van der Waals surface area contributed by atoms with Crippen molar-refractivity contribution in [3.63, 3.8) is 0 Å². The van der Waals surface area contributed by atoms with Gasteiger partial charge in [0.1, 0.15) is 0 Å². The fourth-order valence-electron chi connectivity index (χ4n) is 1.06. The second-order valence-corrected chi connectivity index (χ2v) is 3.46. The van der Waals surface area contributed by atoms with Crippen LogP contribution in [-0.2, 0) is 0 Å². The van der Waals surface area contributed by atoms with Crippen LogP contribution in [0.2, 0.25) is 0 Å². The molecule has 0 heterocycles. The molecule has 0 amide bonds. The molecule has 1 saturated carbocycles. The first-order valence-electron chi connectivity index (χ1n) is 4.31. The van der Waals surface area contributed by atoms with Crippen LogP contribution in [-0.4, -0.2) is 0 Å². The van der Waals surface area contributed by atoms with Crippen molar-refractivity contribution < 1.29 is 0 Å². The van der Waals surface area contributed by atoms with Crippen molar-refractivity contribution in [2.45, 2.75) is 32.6 Å². The second-order valence-electron chi connectivity index (χ2n) is 3.46. The van der Waals surface area contributed by atoms with E-state index in [4.69, 9.17) is 5.73 Å². The molecule has 0 bridgehead atoms. The highest BCUT2D eigenvalue weighted by Gasteiger charge is 2.19. The molecule has 2 N–H and O–H groups in total. The quantitative estimate of drug-likeness (QED) is 0.614. The van der Waals surface area contributed by atoms with Gasteiger partial charge in [0.2, 0.25) is 0 Å². The van der Waals surface area contributed by atoms with E-state index in [0.29, 0.717) is 0 Å². The molecule has 0 saturated heterocycles. The van der Waals surface area contributed by atoms with Crippen LogP contribution in [0.25, 0.3) is 0 Å². The zero-order chi connectivity index (χ0) is 8.27. The van der Waals surface area contributed by atoms with Gasteiger partial charge in [-0.2, -0.15) is 0 Å². The highest BCUT2D eigenvalue weighted by molar-refractivity contribution is 5.22. The maximum atomic E-state index is 5.68. The van der Waals surface area contributed by atoms with E-state index >= 15 is 0 Å². The minimum Gasteiger partial charge on any atom is -0.399 e. The Morgan fingerprint density at radius 2 is 2.27 bits per heavy atom. The molecule has 0 aromatic carbocycles. The highest BCUT2D eigenvalue weighted by Crippen LogP contribution is 2.33. The van der Waals surface area contributed by atoms with Crippen molar-refractivity contribution in [3.05, 3.63) is 23.9 Å². The Bertz CT molecular complexity index is 175. The molecule has 0 atom stereocenters. The van der Waals surface area contributed by atoms with E-state index in [1.807, 2.05) is 6.92 Å². The third kappa shape index (κ3) is 3.26. The van der Waals surface area contributed by atoms with Crippen molar-refractivity contribution in [1.82, 2.24) is 0 Å². The lowest BCUT2D eigenvalue weighted by molar-refractivity contribution is 0.739. The summed E-state index contributed by atoms with van der Waals surface area (Å²) in [6.45, 7) is 5.72. The summed E-state index contributed by atoms with van der Waals surface area (Å²) in [6.07, 6.45) is 7.40. The van der Waals surface area contributed by atoms with Gasteiger partial charge in [0.15, 0.2) is 0 Å². The Labute approximate surface area is 69.0 Å². The fourth-order valence-corrected chi connectivity index (χ4v) is 1.06. The van der Waals surface area contributed by atoms with E-state index in [1.165, 1.54) is 19.3 Å². The van der Waals surface area contributed by atoms with Crippen LogP contribution in [0.1, 0.15) is 32.6 Å². The molecule has 0 radical (unpaired) electrons. The van der Waals surface area contributed by atoms with E-state index in [1.54, 1.807) is 0 Å². The first-order valence-corrected chi connectivity index (χ1v) is 4.31. The predicted molar refractivity (Wildman–Crippen MR) is 49.0 cm³/mol. The first-order chi connectivity index (χ1) is 5.20. The minimum absolute atomic E-state index is 0.866.